The molecule has 120 valence electrons. The number of anilines is 1. The first kappa shape index (κ1) is 15.0. The molecule has 1 saturated heterocycles. The largest absolute Gasteiger partial charge is 0.351 e. The van der Waals surface area contributed by atoms with Gasteiger partial charge in [-0.3, -0.25) is 9.59 Å². The summed E-state index contributed by atoms with van der Waals surface area (Å²) in [6.07, 6.45) is 0.541. The van der Waals surface area contributed by atoms with Gasteiger partial charge in [0, 0.05) is 25.9 Å². The van der Waals surface area contributed by atoms with E-state index in [0.29, 0.717) is 30.9 Å². The maximum atomic E-state index is 12.2. The number of para-hydroxylation sites is 1. The van der Waals surface area contributed by atoms with Gasteiger partial charge in [0.15, 0.2) is 0 Å². The molecule has 1 fully saturated rings. The number of hydrogen-bond donors (Lipinski definition) is 2. The number of rotatable bonds is 3. The fourth-order valence-corrected chi connectivity index (χ4v) is 2.51. The zero-order chi connectivity index (χ0) is 16.4. The van der Waals surface area contributed by atoms with Crippen LogP contribution >= 0.6 is 0 Å². The lowest BCUT2D eigenvalue weighted by Gasteiger charge is -2.38. The molecular weight excluding hydrogens is 298 g/mol. The number of nitrogens with zero attached hydrogens (tertiary/aromatic N) is 3. The second-order valence-electron chi connectivity index (χ2n) is 5.50. The van der Waals surface area contributed by atoms with Crippen molar-refractivity contribution in [3.8, 4) is 0 Å². The van der Waals surface area contributed by atoms with Crippen LogP contribution in [0, 0.1) is 0 Å². The van der Waals surface area contributed by atoms with Crippen molar-refractivity contribution in [3.63, 3.8) is 0 Å². The van der Waals surface area contributed by atoms with Crippen molar-refractivity contribution in [3.05, 3.63) is 30.3 Å². The minimum absolute atomic E-state index is 0.125. The predicted molar refractivity (Wildman–Crippen MR) is 83.7 cm³/mol. The Balaban J connectivity index is 1.66. The molecule has 0 atom stereocenters. The molecule has 1 aromatic rings. The molecule has 4 amide bonds. The molecule has 3 rings (SSSR count). The number of primary amides is 1. The van der Waals surface area contributed by atoms with Crippen molar-refractivity contribution >= 4 is 29.2 Å². The number of amides is 4. The highest BCUT2D eigenvalue weighted by Gasteiger charge is 2.32. The van der Waals surface area contributed by atoms with E-state index in [1.54, 1.807) is 24.3 Å². The monoisotopic (exact) mass is 315 g/mol. The maximum Gasteiger partial charge on any atom is 0.314 e. The average molecular weight is 315 g/mol. The highest BCUT2D eigenvalue weighted by atomic mass is 16.2. The normalized spacial score (nSPS) is 18.3. The molecule has 8 heteroatoms. The quantitative estimate of drug-likeness (QED) is 0.822. The molecule has 23 heavy (non-hydrogen) atoms. The maximum absolute atomic E-state index is 12.2. The van der Waals surface area contributed by atoms with Gasteiger partial charge in [0.1, 0.15) is 5.71 Å². The molecule has 2 aliphatic heterocycles. The number of hydrazone groups is 1. The summed E-state index contributed by atoms with van der Waals surface area (Å²) in [6, 6.07) is 8.36. The highest BCUT2D eigenvalue weighted by Crippen LogP contribution is 2.20. The SMILES string of the molecule is NC(=O)N1CC(NC(=O)C2=NN(c3ccccc3)C(=O)CC2)C1. The number of carbonyl (C=O) groups is 3. The minimum atomic E-state index is -0.494. The Kier molecular flexibility index (Phi) is 3.96. The molecule has 0 aromatic heterocycles. The summed E-state index contributed by atoms with van der Waals surface area (Å²) in [5.41, 5.74) is 6.08. The number of benzene rings is 1. The van der Waals surface area contributed by atoms with E-state index in [9.17, 15) is 14.4 Å². The van der Waals surface area contributed by atoms with Gasteiger partial charge in [-0.15, -0.1) is 0 Å². The molecule has 2 aliphatic rings. The Morgan fingerprint density at radius 2 is 1.87 bits per heavy atom. The molecule has 1 aromatic carbocycles. The van der Waals surface area contributed by atoms with Gasteiger partial charge in [-0.2, -0.15) is 5.10 Å². The Bertz CT molecular complexity index is 667. The van der Waals surface area contributed by atoms with Crippen LogP contribution in [-0.2, 0) is 9.59 Å². The van der Waals surface area contributed by atoms with Crippen LogP contribution in [-0.4, -0.2) is 47.6 Å². The molecule has 0 unspecified atom stereocenters. The molecule has 0 radical (unpaired) electrons. The summed E-state index contributed by atoms with van der Waals surface area (Å²) in [7, 11) is 0. The van der Waals surface area contributed by atoms with Crippen LogP contribution in [0.15, 0.2) is 35.4 Å². The van der Waals surface area contributed by atoms with E-state index in [1.165, 1.54) is 9.91 Å². The number of urea groups is 1. The van der Waals surface area contributed by atoms with E-state index in [2.05, 4.69) is 10.4 Å². The third-order valence-corrected chi connectivity index (χ3v) is 3.82. The lowest BCUT2D eigenvalue weighted by atomic mass is 10.1. The number of hydrogen-bond acceptors (Lipinski definition) is 4. The van der Waals surface area contributed by atoms with Crippen molar-refractivity contribution < 1.29 is 14.4 Å². The van der Waals surface area contributed by atoms with Crippen molar-refractivity contribution in [2.24, 2.45) is 10.8 Å². The van der Waals surface area contributed by atoms with Gasteiger partial charge < -0.3 is 16.0 Å². The van der Waals surface area contributed by atoms with Crippen LogP contribution in [0.5, 0.6) is 0 Å². The Morgan fingerprint density at radius 1 is 1.17 bits per heavy atom. The first-order valence-electron chi connectivity index (χ1n) is 7.35. The molecule has 3 N–H and O–H groups in total. The fraction of sp³-hybridized carbons (Fsp3) is 0.333. The summed E-state index contributed by atoms with van der Waals surface area (Å²) in [5.74, 6) is -0.455. The van der Waals surface area contributed by atoms with E-state index >= 15 is 0 Å². The first-order chi connectivity index (χ1) is 11.0. The van der Waals surface area contributed by atoms with E-state index in [0.717, 1.165) is 0 Å². The second-order valence-corrected chi connectivity index (χ2v) is 5.50. The number of nitrogens with one attached hydrogen (secondary N) is 1. The van der Waals surface area contributed by atoms with Gasteiger partial charge in [0.25, 0.3) is 5.91 Å². The van der Waals surface area contributed by atoms with Crippen LogP contribution < -0.4 is 16.1 Å². The summed E-state index contributed by atoms with van der Waals surface area (Å²) < 4.78 is 0. The second kappa shape index (κ2) is 6.07. The van der Waals surface area contributed by atoms with E-state index in [1.807, 2.05) is 6.07 Å². The summed E-state index contributed by atoms with van der Waals surface area (Å²) in [5, 5.41) is 8.24. The van der Waals surface area contributed by atoms with Crippen LogP contribution in [0.2, 0.25) is 0 Å². The Hall–Kier alpha value is -2.90. The number of carbonyl (C=O) groups excluding carboxylic acids is 3. The fourth-order valence-electron chi connectivity index (χ4n) is 2.51. The van der Waals surface area contributed by atoms with Crippen molar-refractivity contribution in [2.45, 2.75) is 18.9 Å². The Labute approximate surface area is 132 Å². The first-order valence-corrected chi connectivity index (χ1v) is 7.35. The number of likely N-dealkylation sites (tertiary alicyclic amines) is 1. The minimum Gasteiger partial charge on any atom is -0.351 e. The molecule has 0 spiro atoms. The van der Waals surface area contributed by atoms with Crippen LogP contribution in [0.25, 0.3) is 0 Å². The van der Waals surface area contributed by atoms with Crippen LogP contribution in [0.1, 0.15) is 12.8 Å². The zero-order valence-electron chi connectivity index (χ0n) is 12.4. The molecule has 2 heterocycles. The standard InChI is InChI=1S/C15H17N5O3/c16-15(23)19-8-10(9-19)17-14(22)12-6-7-13(21)20(18-12)11-4-2-1-3-5-11/h1-5,10H,6-9H2,(H2,16,23)(H,17,22). The van der Waals surface area contributed by atoms with Crippen molar-refractivity contribution in [2.75, 3.05) is 18.1 Å². The van der Waals surface area contributed by atoms with Gasteiger partial charge in [-0.05, 0) is 12.1 Å². The van der Waals surface area contributed by atoms with E-state index in [4.69, 9.17) is 5.73 Å². The van der Waals surface area contributed by atoms with Crippen molar-refractivity contribution in [1.29, 1.82) is 0 Å². The van der Waals surface area contributed by atoms with Crippen molar-refractivity contribution in [1.82, 2.24) is 10.2 Å². The van der Waals surface area contributed by atoms with E-state index < -0.39 is 6.03 Å². The summed E-state index contributed by atoms with van der Waals surface area (Å²) in [6.45, 7) is 0.797. The topological polar surface area (TPSA) is 108 Å². The van der Waals surface area contributed by atoms with Gasteiger partial charge in [0.2, 0.25) is 5.91 Å². The molecule has 0 aliphatic carbocycles. The highest BCUT2D eigenvalue weighted by molar-refractivity contribution is 6.40. The summed E-state index contributed by atoms with van der Waals surface area (Å²) >= 11 is 0. The van der Waals surface area contributed by atoms with Gasteiger partial charge in [-0.25, -0.2) is 9.80 Å². The third kappa shape index (κ3) is 3.15. The lowest BCUT2D eigenvalue weighted by molar-refractivity contribution is -0.119. The lowest BCUT2D eigenvalue weighted by Crippen LogP contribution is -2.63. The molecule has 8 nitrogen and oxygen atoms in total. The number of nitrogens with two attached hydrogens (primary N) is 1. The Morgan fingerprint density at radius 3 is 2.52 bits per heavy atom. The van der Waals surface area contributed by atoms with E-state index in [-0.39, 0.29) is 24.3 Å². The zero-order valence-corrected chi connectivity index (χ0v) is 12.4. The smallest absolute Gasteiger partial charge is 0.314 e. The van der Waals surface area contributed by atoms with Gasteiger partial charge in [-0.1, -0.05) is 18.2 Å². The molecule has 0 bridgehead atoms. The van der Waals surface area contributed by atoms with Gasteiger partial charge >= 0.3 is 6.03 Å². The predicted octanol–water partition coefficient (Wildman–Crippen LogP) is 0.0485. The average Bonchev–Trinajstić information content (AvgIpc) is 2.51. The third-order valence-electron chi connectivity index (χ3n) is 3.82. The molecule has 0 saturated carbocycles. The summed E-state index contributed by atoms with van der Waals surface area (Å²) in [4.78, 5) is 36.6. The molecular formula is C15H17N5O3. The van der Waals surface area contributed by atoms with Crippen LogP contribution in [0.4, 0.5) is 10.5 Å². The van der Waals surface area contributed by atoms with Crippen LogP contribution in [0.3, 0.4) is 0 Å². The van der Waals surface area contributed by atoms with Gasteiger partial charge in [0.05, 0.1) is 11.7 Å².